The quantitative estimate of drug-likeness (QED) is 0.176. The molecule has 59 heavy (non-hydrogen) atoms. The van der Waals surface area contributed by atoms with Crippen molar-refractivity contribution in [3.8, 4) is 45.5 Å². The summed E-state index contributed by atoms with van der Waals surface area (Å²) in [4.78, 5) is 16.0. The van der Waals surface area contributed by atoms with E-state index in [9.17, 15) is 0 Å². The maximum absolute atomic E-state index is 5.43. The van der Waals surface area contributed by atoms with Crippen LogP contribution in [0.2, 0.25) is 0 Å². The monoisotopic (exact) mass is 755 g/mol. The van der Waals surface area contributed by atoms with Crippen molar-refractivity contribution >= 4 is 43.6 Å². The Labute approximate surface area is 341 Å². The summed E-state index contributed by atoms with van der Waals surface area (Å²) in [6.45, 7) is 0. The molecule has 0 saturated carbocycles. The van der Waals surface area contributed by atoms with Crippen LogP contribution in [0.3, 0.4) is 0 Å². The van der Waals surface area contributed by atoms with Gasteiger partial charge in [0, 0.05) is 44.3 Å². The first-order chi connectivity index (χ1) is 29.3. The summed E-state index contributed by atoms with van der Waals surface area (Å²) < 4.78 is 4.65. The van der Waals surface area contributed by atoms with Crippen LogP contribution < -0.4 is 0 Å². The van der Waals surface area contributed by atoms with Crippen molar-refractivity contribution in [2.45, 2.75) is 18.8 Å². The maximum atomic E-state index is 5.43. The van der Waals surface area contributed by atoms with Gasteiger partial charge in [0.2, 0.25) is 5.95 Å². The molecule has 8 aromatic carbocycles. The Morgan fingerprint density at radius 3 is 1.73 bits per heavy atom. The fourth-order valence-corrected chi connectivity index (χ4v) is 9.66. The molecule has 0 aliphatic heterocycles. The normalized spacial score (nSPS) is 13.8. The molecule has 0 fully saturated rings. The highest BCUT2D eigenvalue weighted by Gasteiger charge is 2.28. The average Bonchev–Trinajstić information content (AvgIpc) is 3.77. The minimum Gasteiger partial charge on any atom is -0.309 e. The molecule has 1 aliphatic rings. The second-order valence-corrected chi connectivity index (χ2v) is 15.5. The summed E-state index contributed by atoms with van der Waals surface area (Å²) in [5, 5.41) is 4.83. The molecule has 0 bridgehead atoms. The third kappa shape index (κ3) is 5.35. The second kappa shape index (κ2) is 13.5. The molecule has 1 unspecified atom stereocenters. The zero-order valence-corrected chi connectivity index (χ0v) is 32.2. The van der Waals surface area contributed by atoms with Gasteiger partial charge in [0.25, 0.3) is 0 Å². The summed E-state index contributed by atoms with van der Waals surface area (Å²) in [6, 6.07) is 69.4. The van der Waals surface area contributed by atoms with Crippen LogP contribution in [0.5, 0.6) is 0 Å². The van der Waals surface area contributed by atoms with E-state index in [-0.39, 0.29) is 5.92 Å². The number of aromatic nitrogens is 5. The van der Waals surface area contributed by atoms with Crippen molar-refractivity contribution in [1.82, 2.24) is 24.1 Å². The fraction of sp³-hybridized carbons (Fsp3) is 0.0556. The lowest BCUT2D eigenvalue weighted by Crippen LogP contribution is -2.08. The van der Waals surface area contributed by atoms with Gasteiger partial charge < -0.3 is 4.57 Å². The molecule has 3 aromatic heterocycles. The van der Waals surface area contributed by atoms with E-state index in [0.717, 1.165) is 51.7 Å². The van der Waals surface area contributed by atoms with Crippen LogP contribution in [0.1, 0.15) is 29.0 Å². The van der Waals surface area contributed by atoms with E-state index >= 15 is 0 Å². The Morgan fingerprint density at radius 2 is 1.00 bits per heavy atom. The van der Waals surface area contributed by atoms with Crippen molar-refractivity contribution in [3.05, 3.63) is 211 Å². The van der Waals surface area contributed by atoms with E-state index in [1.165, 1.54) is 49.4 Å². The molecule has 3 heterocycles. The fourth-order valence-electron chi connectivity index (χ4n) is 9.66. The summed E-state index contributed by atoms with van der Waals surface area (Å²) in [5.74, 6) is 2.14. The van der Waals surface area contributed by atoms with Gasteiger partial charge >= 0.3 is 0 Å². The second-order valence-electron chi connectivity index (χ2n) is 15.5. The Kier molecular flexibility index (Phi) is 7.67. The van der Waals surface area contributed by atoms with E-state index in [0.29, 0.717) is 17.6 Å². The highest BCUT2D eigenvalue weighted by atomic mass is 15.2. The SMILES string of the molecule is c1ccc(-c2nc(-c3cccc(-n4c5ccccc5c5ccccc54)c3)nc(-n3c4ccccc4c4ccc5c(c43)CCC(c3ccccc3)c3ccccc3-5)n2)cc1. The summed E-state index contributed by atoms with van der Waals surface area (Å²) in [7, 11) is 0. The van der Waals surface area contributed by atoms with E-state index in [4.69, 9.17) is 15.0 Å². The van der Waals surface area contributed by atoms with E-state index < -0.39 is 0 Å². The third-order valence-electron chi connectivity index (χ3n) is 12.3. The third-order valence-corrected chi connectivity index (χ3v) is 12.3. The lowest BCUT2D eigenvalue weighted by atomic mass is 9.86. The molecule has 5 heteroatoms. The van der Waals surface area contributed by atoms with Gasteiger partial charge in [-0.05, 0) is 71.0 Å². The first-order valence-corrected chi connectivity index (χ1v) is 20.4. The minimum atomic E-state index is 0.281. The molecule has 12 rings (SSSR count). The first-order valence-electron chi connectivity index (χ1n) is 20.4. The Hall–Kier alpha value is -7.63. The molecule has 0 amide bonds. The molecule has 5 nitrogen and oxygen atoms in total. The van der Waals surface area contributed by atoms with Crippen LogP contribution >= 0.6 is 0 Å². The summed E-state index contributed by atoms with van der Waals surface area (Å²) >= 11 is 0. The van der Waals surface area contributed by atoms with Crippen LogP contribution in [0, 0.1) is 0 Å². The maximum Gasteiger partial charge on any atom is 0.238 e. The van der Waals surface area contributed by atoms with Crippen LogP contribution in [0.15, 0.2) is 194 Å². The van der Waals surface area contributed by atoms with E-state index in [1.54, 1.807) is 0 Å². The number of fused-ring (bicyclic) bond motifs is 10. The van der Waals surface area contributed by atoms with Gasteiger partial charge in [-0.15, -0.1) is 0 Å². The molecular formula is C54H37N5. The summed E-state index contributed by atoms with van der Waals surface area (Å²) in [5.41, 5.74) is 14.1. The van der Waals surface area contributed by atoms with Crippen LogP contribution in [0.4, 0.5) is 0 Å². The molecule has 0 N–H and O–H groups in total. The zero-order valence-electron chi connectivity index (χ0n) is 32.2. The Balaban J connectivity index is 1.10. The Morgan fingerprint density at radius 1 is 0.424 bits per heavy atom. The van der Waals surface area contributed by atoms with Crippen molar-refractivity contribution in [2.24, 2.45) is 0 Å². The van der Waals surface area contributed by atoms with Crippen molar-refractivity contribution in [3.63, 3.8) is 0 Å². The molecule has 1 atom stereocenters. The van der Waals surface area contributed by atoms with Crippen molar-refractivity contribution in [2.75, 3.05) is 0 Å². The first kappa shape index (κ1) is 33.5. The number of hydrogen-bond acceptors (Lipinski definition) is 3. The van der Waals surface area contributed by atoms with Crippen LogP contribution in [0.25, 0.3) is 89.2 Å². The number of hydrogen-bond donors (Lipinski definition) is 0. The predicted octanol–water partition coefficient (Wildman–Crippen LogP) is 13.1. The van der Waals surface area contributed by atoms with E-state index in [1.807, 2.05) is 18.2 Å². The number of aryl methyl sites for hydroxylation is 1. The Bertz CT molecular complexity index is 3340. The highest BCUT2D eigenvalue weighted by molar-refractivity contribution is 6.12. The standard InChI is InChI=1S/C54H37N5/c1-3-16-35(17-4-1)39-30-32-46-42(41-23-8-7-22-40(39)41)31-33-47-45-26-11-14-29-50(45)59(51(46)47)54-56-52(36-18-5-2-6-19-36)55-53(57-54)37-20-15-21-38(34-37)58-48-27-12-9-24-43(48)44-25-10-13-28-49(44)58/h1-29,31,33-34,39H,30,32H2. The highest BCUT2D eigenvalue weighted by Crippen LogP contribution is 2.46. The topological polar surface area (TPSA) is 48.5 Å². The van der Waals surface area contributed by atoms with Crippen molar-refractivity contribution in [1.29, 1.82) is 0 Å². The molecule has 278 valence electrons. The minimum absolute atomic E-state index is 0.281. The largest absolute Gasteiger partial charge is 0.309 e. The molecule has 0 saturated heterocycles. The number of nitrogens with zero attached hydrogens (tertiary/aromatic N) is 5. The number of para-hydroxylation sites is 3. The smallest absolute Gasteiger partial charge is 0.238 e. The molecule has 0 radical (unpaired) electrons. The van der Waals surface area contributed by atoms with Gasteiger partial charge in [-0.1, -0.05) is 164 Å². The zero-order chi connectivity index (χ0) is 38.9. The summed E-state index contributed by atoms with van der Waals surface area (Å²) in [6.07, 6.45) is 1.89. The molecule has 11 aromatic rings. The van der Waals surface area contributed by atoms with Gasteiger partial charge in [-0.2, -0.15) is 9.97 Å². The van der Waals surface area contributed by atoms with E-state index in [2.05, 4.69) is 185 Å². The number of rotatable bonds is 5. The number of benzene rings is 8. The average molecular weight is 756 g/mol. The molecule has 1 aliphatic carbocycles. The van der Waals surface area contributed by atoms with Crippen LogP contribution in [-0.4, -0.2) is 24.1 Å². The molecular weight excluding hydrogens is 719 g/mol. The molecule has 0 spiro atoms. The van der Waals surface area contributed by atoms with Gasteiger partial charge in [-0.25, -0.2) is 4.98 Å². The van der Waals surface area contributed by atoms with Gasteiger partial charge in [0.15, 0.2) is 11.6 Å². The lowest BCUT2D eigenvalue weighted by molar-refractivity contribution is 0.726. The van der Waals surface area contributed by atoms with Crippen molar-refractivity contribution < 1.29 is 0 Å². The van der Waals surface area contributed by atoms with Crippen LogP contribution in [-0.2, 0) is 6.42 Å². The lowest BCUT2D eigenvalue weighted by Gasteiger charge is -2.18. The van der Waals surface area contributed by atoms with Gasteiger partial charge in [0.1, 0.15) is 0 Å². The predicted molar refractivity (Wildman–Crippen MR) is 241 cm³/mol. The van der Waals surface area contributed by atoms with Gasteiger partial charge in [-0.3, -0.25) is 4.57 Å². The van der Waals surface area contributed by atoms with Gasteiger partial charge in [0.05, 0.1) is 22.1 Å².